The number of hydrogen-bond acceptors (Lipinski definition) is 7. The van der Waals surface area contributed by atoms with Gasteiger partial charge in [-0.05, 0) is 0 Å². The van der Waals surface area contributed by atoms with Gasteiger partial charge in [0, 0.05) is 0 Å². The maximum absolute atomic E-state index is 0. The van der Waals surface area contributed by atoms with Crippen LogP contribution in [0.1, 0.15) is 0 Å². The molecule has 0 saturated heterocycles. The first kappa shape index (κ1) is 838. The summed E-state index contributed by atoms with van der Waals surface area (Å²) in [4.78, 5) is 0. The van der Waals surface area contributed by atoms with Crippen LogP contribution < -0.4 is 0 Å². The van der Waals surface area contributed by atoms with Crippen LogP contribution in [-0.2, 0) is 39.4 Å². The van der Waals surface area contributed by atoms with Gasteiger partial charge in [0.05, 0.1) is 0 Å². The Bertz CT molecular complexity index is 8.88. The van der Waals surface area contributed by atoms with E-state index in [0.29, 0.717) is 0 Å². The fraction of sp³-hybridized carbons (Fsp3) is 0. The molecule has 0 aromatic heterocycles. The third-order valence-electron chi connectivity index (χ3n) is 0. The van der Waals surface area contributed by atoms with E-state index in [1.807, 2.05) is 0 Å². The molecule has 0 rings (SSSR count). The van der Waals surface area contributed by atoms with Gasteiger partial charge in [0.2, 0.25) is 0 Å². The summed E-state index contributed by atoms with van der Waals surface area (Å²) >= 11 is 0. The third kappa shape index (κ3) is 456. The molecule has 0 saturated carbocycles. The van der Waals surface area contributed by atoms with Gasteiger partial charge in [-0.2, -0.15) is 0 Å². The van der Waals surface area contributed by atoms with Gasteiger partial charge in [-0.25, -0.2) is 0 Å². The summed E-state index contributed by atoms with van der Waals surface area (Å²) in [5.74, 6) is 0. The van der Waals surface area contributed by atoms with E-state index >= 15 is 0 Å². The van der Waals surface area contributed by atoms with Gasteiger partial charge in [-0.15, -0.1) is 0 Å². The van der Waals surface area contributed by atoms with Gasteiger partial charge in [0.15, 0.2) is 0 Å². The van der Waals surface area contributed by atoms with Crippen LogP contribution in [0.4, 0.5) is 0 Å². The van der Waals surface area contributed by atoms with Crippen LogP contribution in [0.25, 0.3) is 0 Å². The molecule has 9 heavy (non-hydrogen) atoms. The van der Waals surface area contributed by atoms with E-state index in [-0.39, 0.29) is 77.8 Å². The summed E-state index contributed by atoms with van der Waals surface area (Å²) in [5, 5.41) is 0. The fourth-order valence-corrected chi connectivity index (χ4v) is 0. The Morgan fingerprint density at radius 1 is 0.333 bits per heavy atom. The van der Waals surface area contributed by atoms with Gasteiger partial charge >= 0.3 is 39.4 Å². The van der Waals surface area contributed by atoms with E-state index in [4.69, 9.17) is 0 Å². The van der Waals surface area contributed by atoms with Crippen LogP contribution in [0, 0.1) is 0 Å². The molecule has 0 aliphatic rings. The van der Waals surface area contributed by atoms with Crippen molar-refractivity contribution in [3.05, 3.63) is 0 Å². The maximum Gasteiger partial charge on any atom is 5.00 e. The zero-order chi connectivity index (χ0) is 0. The monoisotopic (exact) mass is 363 g/mol. The zero-order valence-corrected chi connectivity index (χ0v) is 8.03. The molecule has 0 aliphatic heterocycles. The predicted molar refractivity (Wildman–Crippen MR) is 13.6 cm³/mol. The van der Waals surface area contributed by atoms with Crippen LogP contribution in [-0.4, -0.2) is 38.3 Å². The first-order valence-electron chi connectivity index (χ1n) is 0. The second-order valence-electron chi connectivity index (χ2n) is 0. The van der Waals surface area contributed by atoms with Crippen LogP contribution in [0.2, 0.25) is 0 Å². The normalized spacial score (nSPS) is 0. The molecule has 1 radical (unpaired) electrons. The molecule has 7 nitrogen and oxygen atoms in total. The van der Waals surface area contributed by atoms with Crippen LogP contribution in [0.5, 0.6) is 0 Å². The molecule has 7 N–H and O–H groups in total. The van der Waals surface area contributed by atoms with Crippen molar-refractivity contribution in [2.75, 3.05) is 0 Å². The quantitative estimate of drug-likeness (QED) is 0.477. The minimum atomic E-state index is 0. The largest absolute Gasteiger partial charge is 5.00 e. The predicted octanol–water partition coefficient (Wildman–Crippen LogP) is -1.24. The van der Waals surface area contributed by atoms with Crippen molar-refractivity contribution < 1.29 is 77.8 Å². The van der Waals surface area contributed by atoms with Crippen molar-refractivity contribution in [2.45, 2.75) is 0 Å². The minimum Gasteiger partial charge on any atom is -0.870 e. The van der Waals surface area contributed by atoms with E-state index < -0.39 is 0 Å². The average molecular weight is 364 g/mol. The molecule has 65 valence electrons. The fourth-order valence-electron chi connectivity index (χ4n) is 0. The number of hydrogen-bond donors (Lipinski definition) is 0. The molecule has 0 aromatic rings. The smallest absolute Gasteiger partial charge is 0.870 e. The Labute approximate surface area is 78.0 Å². The molecule has 0 spiro atoms. The minimum absolute atomic E-state index is 0. The SMILES string of the molecule is [Cu+2].[OH-].[OH-].[OH-].[OH-].[OH-].[OH-].[OH-].[Ta+5]. The molecule has 0 fully saturated rings. The summed E-state index contributed by atoms with van der Waals surface area (Å²) in [6.45, 7) is 0. The first-order valence-corrected chi connectivity index (χ1v) is 0. The van der Waals surface area contributed by atoms with E-state index in [9.17, 15) is 0 Å². The average Bonchev–Trinajstić information content (AvgIpc) is 0. The molecule has 0 amide bonds. The van der Waals surface area contributed by atoms with E-state index in [1.165, 1.54) is 0 Å². The second kappa shape index (κ2) is 596. The standard InChI is InChI=1S/Cu.7H2O.Ta/h;7*1H2;/q+2;;;;;;;;+5/p-7. The van der Waals surface area contributed by atoms with Crippen molar-refractivity contribution in [2.24, 2.45) is 0 Å². The summed E-state index contributed by atoms with van der Waals surface area (Å²) in [6.07, 6.45) is 0. The van der Waals surface area contributed by atoms with Gasteiger partial charge in [-0.1, -0.05) is 0 Å². The van der Waals surface area contributed by atoms with Crippen molar-refractivity contribution in [1.29, 1.82) is 0 Å². The van der Waals surface area contributed by atoms with Crippen molar-refractivity contribution in [3.8, 4) is 0 Å². The Hall–Kier alpha value is 0.980. The topological polar surface area (TPSA) is 210 Å². The van der Waals surface area contributed by atoms with Crippen LogP contribution in [0.3, 0.4) is 0 Å². The summed E-state index contributed by atoms with van der Waals surface area (Å²) in [5.41, 5.74) is 0. The van der Waals surface area contributed by atoms with Gasteiger partial charge in [-0.3, -0.25) is 0 Å². The van der Waals surface area contributed by atoms with Gasteiger partial charge in [0.1, 0.15) is 0 Å². The first-order chi connectivity index (χ1) is 0. The van der Waals surface area contributed by atoms with E-state index in [0.717, 1.165) is 0 Å². The molecule has 0 aromatic carbocycles. The Morgan fingerprint density at radius 2 is 0.333 bits per heavy atom. The van der Waals surface area contributed by atoms with Crippen molar-refractivity contribution in [3.63, 3.8) is 0 Å². The summed E-state index contributed by atoms with van der Waals surface area (Å²) in [7, 11) is 0. The molecule has 0 unspecified atom stereocenters. The molecular weight excluding hydrogens is 356 g/mol. The van der Waals surface area contributed by atoms with Crippen LogP contribution >= 0.6 is 0 Å². The molecule has 9 heteroatoms. The van der Waals surface area contributed by atoms with Crippen molar-refractivity contribution >= 4 is 0 Å². The third-order valence-corrected chi connectivity index (χ3v) is 0. The van der Waals surface area contributed by atoms with E-state index in [1.54, 1.807) is 0 Å². The Kier molecular flexibility index (Phi) is 55500. The number of rotatable bonds is 0. The van der Waals surface area contributed by atoms with Crippen LogP contribution in [0.15, 0.2) is 0 Å². The van der Waals surface area contributed by atoms with Gasteiger partial charge in [0.25, 0.3) is 0 Å². The summed E-state index contributed by atoms with van der Waals surface area (Å²) in [6, 6.07) is 0. The molecule has 0 atom stereocenters. The van der Waals surface area contributed by atoms with E-state index in [2.05, 4.69) is 0 Å². The van der Waals surface area contributed by atoms with Crippen molar-refractivity contribution in [1.82, 2.24) is 0 Å². The second-order valence-corrected chi connectivity index (χ2v) is 0. The summed E-state index contributed by atoms with van der Waals surface area (Å²) < 4.78 is 0. The molecular formula is H7CuO7Ta. The molecule has 0 aliphatic carbocycles. The molecule has 0 bridgehead atoms. The Balaban J connectivity index is 0. The molecule has 0 heterocycles. The van der Waals surface area contributed by atoms with Gasteiger partial charge < -0.3 is 38.3 Å². The maximum atomic E-state index is 0. The zero-order valence-electron chi connectivity index (χ0n) is 3.88. The Morgan fingerprint density at radius 3 is 0.333 bits per heavy atom.